The van der Waals surface area contributed by atoms with E-state index < -0.39 is 45.7 Å². The molecule has 0 aliphatic carbocycles. The molecule has 90 valence electrons. The van der Waals surface area contributed by atoms with E-state index in [0.717, 1.165) is 0 Å². The van der Waals surface area contributed by atoms with E-state index in [1.807, 2.05) is 0 Å². The van der Waals surface area contributed by atoms with E-state index in [0.29, 0.717) is 6.07 Å². The number of carbonyl (C=O) groups is 2. The van der Waals surface area contributed by atoms with Crippen molar-refractivity contribution in [3.8, 4) is 17.2 Å². The lowest BCUT2D eigenvalue weighted by Crippen LogP contribution is -2.08. The van der Waals surface area contributed by atoms with E-state index >= 15 is 0 Å². The van der Waals surface area contributed by atoms with Crippen molar-refractivity contribution in [2.45, 2.75) is 0 Å². The average molecular weight is 242 g/mol. The molecule has 8 heteroatoms. The van der Waals surface area contributed by atoms with Gasteiger partial charge in [0.15, 0.2) is 5.75 Å². The molecule has 17 heavy (non-hydrogen) atoms. The smallest absolute Gasteiger partial charge is 0.340 e. The molecule has 0 spiro atoms. The number of carboxylic acids is 2. The molecule has 0 saturated carbocycles. The summed E-state index contributed by atoms with van der Waals surface area (Å²) in [7, 11) is 0. The van der Waals surface area contributed by atoms with Crippen molar-refractivity contribution in [3.05, 3.63) is 27.4 Å². The summed E-state index contributed by atoms with van der Waals surface area (Å²) in [5, 5.41) is 44.8. The van der Waals surface area contributed by atoms with Crippen LogP contribution < -0.4 is 5.43 Å². The molecule has 0 aliphatic heterocycles. The van der Waals surface area contributed by atoms with Crippen LogP contribution in [0.5, 0.6) is 17.2 Å². The first-order valence-electron chi connectivity index (χ1n) is 4.06. The van der Waals surface area contributed by atoms with Crippen LogP contribution in [0, 0.1) is 0 Å². The molecule has 0 aliphatic rings. The molecule has 0 radical (unpaired) electrons. The molecule has 1 aromatic rings. The predicted molar refractivity (Wildman–Crippen MR) is 51.6 cm³/mol. The summed E-state index contributed by atoms with van der Waals surface area (Å²) in [6.45, 7) is 0. The fraction of sp³-hybridized carbons (Fsp3) is 0. The first-order valence-corrected chi connectivity index (χ1v) is 4.06. The second-order valence-electron chi connectivity index (χ2n) is 2.95. The van der Waals surface area contributed by atoms with Crippen molar-refractivity contribution < 1.29 is 35.1 Å². The maximum atomic E-state index is 11.1. The van der Waals surface area contributed by atoms with Gasteiger partial charge in [0, 0.05) is 6.07 Å². The SMILES string of the molecule is O=C(O)c1cc(=O)c(O)c(O)c(O)c1C(=O)O. The highest BCUT2D eigenvalue weighted by Gasteiger charge is 2.25. The number of hydrogen-bond donors (Lipinski definition) is 5. The molecule has 0 atom stereocenters. The molecule has 0 heterocycles. The zero-order valence-corrected chi connectivity index (χ0v) is 8.04. The molecular formula is C9H6O8. The van der Waals surface area contributed by atoms with Crippen molar-refractivity contribution in [3.63, 3.8) is 0 Å². The Balaban J connectivity index is 4.00. The lowest BCUT2D eigenvalue weighted by atomic mass is 10.1. The van der Waals surface area contributed by atoms with Crippen molar-refractivity contribution in [1.29, 1.82) is 0 Å². The Kier molecular flexibility index (Phi) is 2.90. The van der Waals surface area contributed by atoms with Crippen molar-refractivity contribution in [1.82, 2.24) is 0 Å². The minimum absolute atomic E-state index is 0.292. The summed E-state index contributed by atoms with van der Waals surface area (Å²) in [6, 6.07) is 0.292. The highest BCUT2D eigenvalue weighted by molar-refractivity contribution is 6.04. The van der Waals surface area contributed by atoms with Gasteiger partial charge >= 0.3 is 11.9 Å². The van der Waals surface area contributed by atoms with Gasteiger partial charge < -0.3 is 25.5 Å². The summed E-state index contributed by atoms with van der Waals surface area (Å²) < 4.78 is 0. The van der Waals surface area contributed by atoms with Crippen LogP contribution in [0.25, 0.3) is 0 Å². The highest BCUT2D eigenvalue weighted by Crippen LogP contribution is 2.34. The first kappa shape index (κ1) is 12.3. The Morgan fingerprint density at radius 3 is 1.82 bits per heavy atom. The monoisotopic (exact) mass is 242 g/mol. The Morgan fingerprint density at radius 2 is 1.41 bits per heavy atom. The van der Waals surface area contributed by atoms with Crippen LogP contribution in [0.3, 0.4) is 0 Å². The van der Waals surface area contributed by atoms with Crippen LogP contribution >= 0.6 is 0 Å². The summed E-state index contributed by atoms with van der Waals surface area (Å²) >= 11 is 0. The van der Waals surface area contributed by atoms with Gasteiger partial charge in [-0.3, -0.25) is 4.79 Å². The fourth-order valence-corrected chi connectivity index (χ4v) is 1.13. The first-order chi connectivity index (χ1) is 7.77. The maximum Gasteiger partial charge on any atom is 0.340 e. The Labute approximate surface area is 92.6 Å². The minimum Gasteiger partial charge on any atom is -0.504 e. The van der Waals surface area contributed by atoms with Crippen molar-refractivity contribution in [2.75, 3.05) is 0 Å². The Hall–Kier alpha value is -2.77. The third-order valence-electron chi connectivity index (χ3n) is 1.91. The Morgan fingerprint density at radius 1 is 0.882 bits per heavy atom. The van der Waals surface area contributed by atoms with Crippen molar-refractivity contribution >= 4 is 11.9 Å². The molecule has 0 bridgehead atoms. The van der Waals surface area contributed by atoms with E-state index in [1.54, 1.807) is 0 Å². The van der Waals surface area contributed by atoms with Gasteiger partial charge in [-0.1, -0.05) is 0 Å². The molecule has 8 nitrogen and oxygen atoms in total. The fourth-order valence-electron chi connectivity index (χ4n) is 1.13. The maximum absolute atomic E-state index is 11.1. The van der Waals surface area contributed by atoms with Crippen LogP contribution in [0.2, 0.25) is 0 Å². The Bertz CT molecular complexity index is 574. The highest BCUT2D eigenvalue weighted by atomic mass is 16.4. The van der Waals surface area contributed by atoms with Crippen LogP contribution in [0.1, 0.15) is 20.7 Å². The van der Waals surface area contributed by atoms with Gasteiger partial charge in [-0.15, -0.1) is 0 Å². The quantitative estimate of drug-likeness (QED) is 0.467. The lowest BCUT2D eigenvalue weighted by Gasteiger charge is -1.99. The van der Waals surface area contributed by atoms with Gasteiger partial charge in [-0.25, -0.2) is 9.59 Å². The van der Waals surface area contributed by atoms with Gasteiger partial charge in [0.25, 0.3) is 0 Å². The largest absolute Gasteiger partial charge is 0.504 e. The van der Waals surface area contributed by atoms with Crippen molar-refractivity contribution in [2.24, 2.45) is 0 Å². The zero-order valence-electron chi connectivity index (χ0n) is 8.04. The van der Waals surface area contributed by atoms with Crippen LogP contribution in [-0.4, -0.2) is 37.5 Å². The summed E-state index contributed by atoms with van der Waals surface area (Å²) in [5.41, 5.74) is -3.56. The van der Waals surface area contributed by atoms with Crippen LogP contribution in [-0.2, 0) is 0 Å². The van der Waals surface area contributed by atoms with Gasteiger partial charge in [-0.2, -0.15) is 0 Å². The van der Waals surface area contributed by atoms with E-state index in [2.05, 4.69) is 0 Å². The molecule has 5 N–H and O–H groups in total. The van der Waals surface area contributed by atoms with Gasteiger partial charge in [-0.05, 0) is 0 Å². The summed E-state index contributed by atoms with van der Waals surface area (Å²) in [4.78, 5) is 32.6. The molecule has 0 amide bonds. The topological polar surface area (TPSA) is 152 Å². The number of rotatable bonds is 2. The number of carboxylic acid groups (broad SMARTS) is 2. The normalized spacial score (nSPS) is 9.88. The van der Waals surface area contributed by atoms with Gasteiger partial charge in [0.05, 0.1) is 5.56 Å². The minimum atomic E-state index is -1.87. The standard InChI is InChI=1S/C9H6O8/c10-3-1-2(8(14)15)4(9(16)17)6(12)7(13)5(3)11/h1H,(H,14,15)(H,16,17)(H3,10,11,12,13). The van der Waals surface area contributed by atoms with Crippen LogP contribution in [0.15, 0.2) is 10.9 Å². The molecule has 0 saturated heterocycles. The summed E-state index contributed by atoms with van der Waals surface area (Å²) in [5.74, 6) is -7.79. The van der Waals surface area contributed by atoms with Gasteiger partial charge in [0.1, 0.15) is 5.56 Å². The average Bonchev–Trinajstić information content (AvgIpc) is 2.31. The second-order valence-corrected chi connectivity index (χ2v) is 2.95. The third-order valence-corrected chi connectivity index (χ3v) is 1.91. The molecular weight excluding hydrogens is 236 g/mol. The summed E-state index contributed by atoms with van der Waals surface area (Å²) in [6.07, 6.45) is 0. The van der Waals surface area contributed by atoms with E-state index in [-0.39, 0.29) is 0 Å². The zero-order chi connectivity index (χ0) is 13.3. The molecule has 0 fully saturated rings. The number of aromatic hydroxyl groups is 3. The van der Waals surface area contributed by atoms with Crippen LogP contribution in [0.4, 0.5) is 0 Å². The molecule has 1 rings (SSSR count). The van der Waals surface area contributed by atoms with Gasteiger partial charge in [0.2, 0.25) is 16.9 Å². The molecule has 0 aromatic heterocycles. The second kappa shape index (κ2) is 4.00. The number of aromatic carboxylic acids is 2. The third kappa shape index (κ3) is 1.95. The lowest BCUT2D eigenvalue weighted by molar-refractivity contribution is 0.0648. The number of hydrogen-bond acceptors (Lipinski definition) is 6. The molecule has 1 aromatic carbocycles. The van der Waals surface area contributed by atoms with E-state index in [1.165, 1.54) is 0 Å². The predicted octanol–water partition coefficient (Wildman–Crippen LogP) is -0.440. The molecule has 0 unspecified atom stereocenters. The van der Waals surface area contributed by atoms with E-state index in [9.17, 15) is 19.5 Å². The van der Waals surface area contributed by atoms with E-state index in [4.69, 9.17) is 20.4 Å².